The topological polar surface area (TPSA) is 126 Å². The molecule has 2 fully saturated rings. The van der Waals surface area contributed by atoms with Gasteiger partial charge in [0.25, 0.3) is 5.56 Å². The highest BCUT2D eigenvalue weighted by Crippen LogP contribution is 2.41. The van der Waals surface area contributed by atoms with Crippen LogP contribution in [-0.2, 0) is 22.7 Å². The van der Waals surface area contributed by atoms with E-state index in [0.717, 1.165) is 28.7 Å². The molecular weight excluding hydrogens is 721 g/mol. The van der Waals surface area contributed by atoms with Crippen LogP contribution < -0.4 is 31.6 Å². The summed E-state index contributed by atoms with van der Waals surface area (Å²) in [6.45, 7) is 3.38. The van der Waals surface area contributed by atoms with Crippen LogP contribution in [0.2, 0.25) is 5.02 Å². The van der Waals surface area contributed by atoms with Crippen LogP contribution in [0.5, 0.6) is 5.75 Å². The van der Waals surface area contributed by atoms with Crippen LogP contribution in [0.1, 0.15) is 42.4 Å². The van der Waals surface area contributed by atoms with Gasteiger partial charge in [0.1, 0.15) is 11.4 Å². The molecule has 0 radical (unpaired) electrons. The third-order valence-corrected chi connectivity index (χ3v) is 10.3. The Morgan fingerprint density at radius 3 is 2.07 bits per heavy atom. The van der Waals surface area contributed by atoms with Crippen molar-refractivity contribution in [2.45, 2.75) is 64.1 Å². The van der Waals surface area contributed by atoms with E-state index in [9.17, 15) is 27.6 Å². The van der Waals surface area contributed by atoms with Crippen LogP contribution in [0.15, 0.2) is 83.9 Å². The second-order valence-corrected chi connectivity index (χ2v) is 14.0. The Balaban J connectivity index is 1.13. The van der Waals surface area contributed by atoms with Gasteiger partial charge in [0.15, 0.2) is 0 Å². The maximum absolute atomic E-state index is 13.5. The van der Waals surface area contributed by atoms with Crippen molar-refractivity contribution in [3.8, 4) is 39.1 Å². The van der Waals surface area contributed by atoms with Crippen molar-refractivity contribution >= 4 is 29.1 Å². The fourth-order valence-corrected chi connectivity index (χ4v) is 7.45. The lowest BCUT2D eigenvalue weighted by Gasteiger charge is -2.18. The summed E-state index contributed by atoms with van der Waals surface area (Å²) in [4.78, 5) is 40.8. The molecule has 2 saturated heterocycles. The predicted molar refractivity (Wildman–Crippen MR) is 200 cm³/mol. The number of nitrogens with one attached hydrogen (secondary N) is 4. The number of amides is 2. The first-order valence-corrected chi connectivity index (χ1v) is 18.1. The average Bonchev–Trinajstić information content (AvgIpc) is 3.76. The number of carbonyl (C=O) groups is 2. The average molecular weight is 759 g/mol. The number of hydrogen-bond donors (Lipinski definition) is 4. The second-order valence-electron chi connectivity index (χ2n) is 13.6. The normalized spacial score (nSPS) is 17.2. The molecule has 2 amide bonds. The van der Waals surface area contributed by atoms with Gasteiger partial charge in [0, 0.05) is 85.8 Å². The quantitative estimate of drug-likeness (QED) is 0.118. The van der Waals surface area contributed by atoms with E-state index < -0.39 is 6.36 Å². The monoisotopic (exact) mass is 758 g/mol. The highest BCUT2D eigenvalue weighted by molar-refractivity contribution is 6.36. The predicted octanol–water partition coefficient (Wildman–Crippen LogP) is 6.29. The van der Waals surface area contributed by atoms with E-state index in [1.54, 1.807) is 36.7 Å². The van der Waals surface area contributed by atoms with Crippen LogP contribution in [0.4, 0.5) is 13.2 Å². The maximum atomic E-state index is 13.5. The Bertz CT molecular complexity index is 2300. The molecule has 0 spiro atoms. The lowest BCUT2D eigenvalue weighted by atomic mass is 9.91. The molecule has 7 rings (SSSR count). The van der Waals surface area contributed by atoms with Crippen molar-refractivity contribution in [3.63, 3.8) is 0 Å². The van der Waals surface area contributed by atoms with Crippen LogP contribution in [0, 0.1) is 6.92 Å². The van der Waals surface area contributed by atoms with Crippen molar-refractivity contribution in [3.05, 3.63) is 111 Å². The van der Waals surface area contributed by atoms with Gasteiger partial charge in [-0.3, -0.25) is 18.8 Å². The molecule has 0 bridgehead atoms. The summed E-state index contributed by atoms with van der Waals surface area (Å²) in [5, 5.41) is 12.5. The summed E-state index contributed by atoms with van der Waals surface area (Å²) in [6, 6.07) is 19.6. The minimum Gasteiger partial charge on any atom is -0.405 e. The Kier molecular flexibility index (Phi) is 10.7. The lowest BCUT2D eigenvalue weighted by molar-refractivity contribution is -0.274. The Morgan fingerprint density at radius 1 is 0.815 bits per heavy atom. The summed E-state index contributed by atoms with van der Waals surface area (Å²) < 4.78 is 46.6. The zero-order valence-electron chi connectivity index (χ0n) is 29.4. The molecule has 0 aliphatic carbocycles. The molecule has 14 heteroatoms. The van der Waals surface area contributed by atoms with Gasteiger partial charge in [0.05, 0.1) is 5.02 Å². The number of alkyl halides is 3. The van der Waals surface area contributed by atoms with E-state index in [-0.39, 0.29) is 41.8 Å². The molecular formula is C40H38ClF3N6O4. The summed E-state index contributed by atoms with van der Waals surface area (Å²) in [5.41, 5.74) is 6.27. The minimum atomic E-state index is -4.91. The molecule has 2 aliphatic rings. The largest absolute Gasteiger partial charge is 0.573 e. The maximum Gasteiger partial charge on any atom is 0.573 e. The molecule has 0 unspecified atom stereocenters. The van der Waals surface area contributed by atoms with Crippen LogP contribution in [0.3, 0.4) is 0 Å². The van der Waals surface area contributed by atoms with Gasteiger partial charge in [-0.2, -0.15) is 0 Å². The number of fused-ring (bicyclic) bond motifs is 1. The Morgan fingerprint density at radius 2 is 1.43 bits per heavy atom. The first-order chi connectivity index (χ1) is 25.9. The van der Waals surface area contributed by atoms with E-state index in [1.165, 1.54) is 10.5 Å². The van der Waals surface area contributed by atoms with Gasteiger partial charge in [-0.1, -0.05) is 60.1 Å². The third-order valence-electron chi connectivity index (χ3n) is 9.90. The van der Waals surface area contributed by atoms with E-state index in [0.29, 0.717) is 77.4 Å². The van der Waals surface area contributed by atoms with Crippen LogP contribution in [-0.4, -0.2) is 52.7 Å². The first kappa shape index (κ1) is 37.1. The summed E-state index contributed by atoms with van der Waals surface area (Å²) >= 11 is 7.05. The SMILES string of the molecule is Cc1c(-c2ccn3c(=O)c(CNC[C@H]4CCC(=O)N4)cnc3c2)cccc1-c1cccc(-c2ccc(CNC[C@H]3CCC(=O)N3)c(OC(F)(F)F)c2)c1Cl. The van der Waals surface area contributed by atoms with E-state index in [1.807, 2.05) is 43.3 Å². The van der Waals surface area contributed by atoms with E-state index >= 15 is 0 Å². The summed E-state index contributed by atoms with van der Waals surface area (Å²) in [6.07, 6.45) is 0.744. The Hall–Kier alpha value is -5.24. The fourth-order valence-electron chi connectivity index (χ4n) is 7.12. The molecule has 54 heavy (non-hydrogen) atoms. The smallest absolute Gasteiger partial charge is 0.405 e. The number of pyridine rings is 1. The highest BCUT2D eigenvalue weighted by atomic mass is 35.5. The van der Waals surface area contributed by atoms with Crippen molar-refractivity contribution in [1.29, 1.82) is 0 Å². The minimum absolute atomic E-state index is 0.0370. The van der Waals surface area contributed by atoms with Crippen LogP contribution in [0.25, 0.3) is 39.0 Å². The van der Waals surface area contributed by atoms with Crippen LogP contribution >= 0.6 is 11.6 Å². The van der Waals surface area contributed by atoms with Gasteiger partial charge < -0.3 is 26.0 Å². The second kappa shape index (κ2) is 15.6. The van der Waals surface area contributed by atoms with Gasteiger partial charge in [0.2, 0.25) is 11.8 Å². The number of hydrogen-bond acceptors (Lipinski definition) is 7. The molecule has 4 heterocycles. The number of ether oxygens (including phenoxy) is 1. The zero-order valence-corrected chi connectivity index (χ0v) is 30.1. The number of halogens is 4. The van der Waals surface area contributed by atoms with E-state index in [4.69, 9.17) is 11.6 Å². The molecule has 2 atom stereocenters. The molecule has 4 N–H and O–H groups in total. The Labute approximate surface area is 314 Å². The zero-order chi connectivity index (χ0) is 38.0. The molecule has 5 aromatic rings. The highest BCUT2D eigenvalue weighted by Gasteiger charge is 2.32. The van der Waals surface area contributed by atoms with Crippen molar-refractivity contribution in [2.24, 2.45) is 0 Å². The first-order valence-electron chi connectivity index (χ1n) is 17.7. The number of rotatable bonds is 12. The summed E-state index contributed by atoms with van der Waals surface area (Å²) in [7, 11) is 0. The molecule has 2 aromatic heterocycles. The molecule has 3 aromatic carbocycles. The van der Waals surface area contributed by atoms with Gasteiger partial charge in [-0.25, -0.2) is 4.98 Å². The molecule has 0 saturated carbocycles. The van der Waals surface area contributed by atoms with E-state index in [2.05, 4.69) is 31.0 Å². The number of benzene rings is 3. The third kappa shape index (κ3) is 8.28. The van der Waals surface area contributed by atoms with Gasteiger partial charge >= 0.3 is 6.36 Å². The van der Waals surface area contributed by atoms with Crippen molar-refractivity contribution in [2.75, 3.05) is 13.1 Å². The fraction of sp³-hybridized carbons (Fsp3) is 0.300. The summed E-state index contributed by atoms with van der Waals surface area (Å²) in [5.74, 6) is -0.335. The van der Waals surface area contributed by atoms with Crippen molar-refractivity contribution < 1.29 is 27.5 Å². The number of aromatic nitrogens is 2. The lowest BCUT2D eigenvalue weighted by Crippen LogP contribution is -2.36. The molecule has 10 nitrogen and oxygen atoms in total. The van der Waals surface area contributed by atoms with Crippen molar-refractivity contribution in [1.82, 2.24) is 30.7 Å². The van der Waals surface area contributed by atoms with Gasteiger partial charge in [-0.15, -0.1) is 13.2 Å². The standard InChI is InChI=1S/C40H38ClF3N6O4/c1-23-30(25-14-15-50-35(17-25)47-20-27(39(50)53)19-46-22-29-11-13-37(52)49-29)4-2-5-31(23)33-7-3-6-32(38(33)41)24-8-9-26(34(16-24)54-40(42,43)44)18-45-21-28-10-12-36(51)48-28/h2-9,14-17,20,28-29,45-46H,10-13,18-19,21-22H2,1H3,(H,48,51)(H,49,52)/t28-,29-/m1/s1. The number of nitrogens with zero attached hydrogens (tertiary/aromatic N) is 2. The molecule has 2 aliphatic heterocycles. The molecule has 280 valence electrons. The number of carbonyl (C=O) groups excluding carboxylic acids is 2. The van der Waals surface area contributed by atoms with Gasteiger partial charge in [-0.05, 0) is 65.8 Å².